The van der Waals surface area contributed by atoms with Gasteiger partial charge in [-0.25, -0.2) is 9.97 Å². The summed E-state index contributed by atoms with van der Waals surface area (Å²) in [6, 6.07) is 7.54. The molecule has 1 atom stereocenters. The molecule has 0 radical (unpaired) electrons. The van der Waals surface area contributed by atoms with Crippen LogP contribution in [0.25, 0.3) is 0 Å². The molecule has 2 heterocycles. The molecular formula is C20H24N4O3. The van der Waals surface area contributed by atoms with Gasteiger partial charge in [-0.15, -0.1) is 0 Å². The second kappa shape index (κ2) is 8.16. The minimum atomic E-state index is -0.529. The molecule has 1 aliphatic rings. The first kappa shape index (κ1) is 18.8. The zero-order valence-electron chi connectivity index (χ0n) is 15.6. The highest BCUT2D eigenvalue weighted by molar-refractivity contribution is 5.93. The lowest BCUT2D eigenvalue weighted by molar-refractivity contribution is -0.131. The van der Waals surface area contributed by atoms with Gasteiger partial charge < -0.3 is 15.4 Å². The molecule has 0 spiro atoms. The molecule has 0 aliphatic carbocycles. The number of rotatable bonds is 5. The highest BCUT2D eigenvalue weighted by Gasteiger charge is 2.27. The number of hydrogen-bond donors (Lipinski definition) is 1. The van der Waals surface area contributed by atoms with E-state index in [1.165, 1.54) is 6.20 Å². The fraction of sp³-hybridized carbons (Fsp3) is 0.400. The summed E-state index contributed by atoms with van der Waals surface area (Å²) in [5, 5.41) is 0. The van der Waals surface area contributed by atoms with Gasteiger partial charge in [0.05, 0.1) is 24.8 Å². The summed E-state index contributed by atoms with van der Waals surface area (Å²) in [6.45, 7) is 3.08. The number of ether oxygens (including phenoxy) is 1. The van der Waals surface area contributed by atoms with Crippen LogP contribution >= 0.6 is 0 Å². The molecule has 1 fully saturated rings. The average molecular weight is 368 g/mol. The lowest BCUT2D eigenvalue weighted by atomic mass is 9.96. The maximum absolute atomic E-state index is 12.7. The number of piperidine rings is 1. The number of nitrogens with two attached hydrogens (primary N) is 1. The van der Waals surface area contributed by atoms with E-state index in [1.54, 1.807) is 14.0 Å². The van der Waals surface area contributed by atoms with Gasteiger partial charge in [-0.3, -0.25) is 9.59 Å². The second-order valence-corrected chi connectivity index (χ2v) is 6.80. The van der Waals surface area contributed by atoms with Crippen LogP contribution in [0.3, 0.4) is 0 Å². The Bertz CT molecular complexity index is 836. The SMILES string of the molecule is COc1ccc(CC(=O)N2CCCC(c3ncc(C(N)=O)c(C)n3)C2)cc1. The van der Waals surface area contributed by atoms with Crippen LogP contribution in [0.5, 0.6) is 5.75 Å². The van der Waals surface area contributed by atoms with E-state index >= 15 is 0 Å². The maximum Gasteiger partial charge on any atom is 0.252 e. The summed E-state index contributed by atoms with van der Waals surface area (Å²) < 4.78 is 5.15. The molecule has 7 heteroatoms. The first-order valence-corrected chi connectivity index (χ1v) is 9.02. The molecule has 27 heavy (non-hydrogen) atoms. The molecule has 1 aromatic heterocycles. The molecule has 7 nitrogen and oxygen atoms in total. The summed E-state index contributed by atoms with van der Waals surface area (Å²) >= 11 is 0. The van der Waals surface area contributed by atoms with Crippen LogP contribution in [-0.4, -0.2) is 46.9 Å². The first-order chi connectivity index (χ1) is 13.0. The predicted molar refractivity (Wildman–Crippen MR) is 101 cm³/mol. The average Bonchev–Trinajstić information content (AvgIpc) is 2.68. The van der Waals surface area contributed by atoms with Crippen molar-refractivity contribution in [1.29, 1.82) is 0 Å². The largest absolute Gasteiger partial charge is 0.497 e. The van der Waals surface area contributed by atoms with Gasteiger partial charge >= 0.3 is 0 Å². The van der Waals surface area contributed by atoms with Gasteiger partial charge in [-0.05, 0) is 37.5 Å². The fourth-order valence-electron chi connectivity index (χ4n) is 3.37. The molecule has 2 N–H and O–H groups in total. The zero-order valence-corrected chi connectivity index (χ0v) is 15.6. The Morgan fingerprint density at radius 1 is 1.30 bits per heavy atom. The molecule has 1 unspecified atom stereocenters. The van der Waals surface area contributed by atoms with E-state index in [2.05, 4.69) is 9.97 Å². The number of likely N-dealkylation sites (tertiary alicyclic amines) is 1. The highest BCUT2D eigenvalue weighted by atomic mass is 16.5. The van der Waals surface area contributed by atoms with Gasteiger partial charge in [0.1, 0.15) is 11.6 Å². The summed E-state index contributed by atoms with van der Waals surface area (Å²) in [5.74, 6) is 1.07. The minimum Gasteiger partial charge on any atom is -0.497 e. The van der Waals surface area contributed by atoms with Gasteiger partial charge in [-0.1, -0.05) is 12.1 Å². The van der Waals surface area contributed by atoms with Gasteiger partial charge in [0.25, 0.3) is 5.91 Å². The number of amides is 2. The summed E-state index contributed by atoms with van der Waals surface area (Å²) in [5.41, 5.74) is 7.19. The zero-order chi connectivity index (χ0) is 19.4. The number of carbonyl (C=O) groups excluding carboxylic acids is 2. The van der Waals surface area contributed by atoms with Crippen molar-refractivity contribution >= 4 is 11.8 Å². The van der Waals surface area contributed by atoms with E-state index in [9.17, 15) is 9.59 Å². The third-order valence-electron chi connectivity index (χ3n) is 4.92. The number of nitrogens with zero attached hydrogens (tertiary/aromatic N) is 3. The Kier molecular flexibility index (Phi) is 5.69. The Morgan fingerprint density at radius 2 is 2.04 bits per heavy atom. The molecule has 142 valence electrons. The number of benzene rings is 1. The van der Waals surface area contributed by atoms with E-state index in [-0.39, 0.29) is 11.8 Å². The number of aromatic nitrogens is 2. The smallest absolute Gasteiger partial charge is 0.252 e. The Hall–Kier alpha value is -2.96. The highest BCUT2D eigenvalue weighted by Crippen LogP contribution is 2.25. The third-order valence-corrected chi connectivity index (χ3v) is 4.92. The van der Waals surface area contributed by atoms with Crippen molar-refractivity contribution in [2.24, 2.45) is 5.73 Å². The van der Waals surface area contributed by atoms with Crippen LogP contribution in [0.4, 0.5) is 0 Å². The standard InChI is InChI=1S/C20H24N4O3/c1-13-17(19(21)26)11-22-20(23-13)15-4-3-9-24(12-15)18(25)10-14-5-7-16(27-2)8-6-14/h5-8,11,15H,3-4,9-10,12H2,1-2H3,(H2,21,26). The van der Waals surface area contributed by atoms with Gasteiger partial charge in [0.2, 0.25) is 5.91 Å². The Balaban J connectivity index is 1.67. The summed E-state index contributed by atoms with van der Waals surface area (Å²) in [6.07, 6.45) is 3.66. The summed E-state index contributed by atoms with van der Waals surface area (Å²) in [7, 11) is 1.62. The van der Waals surface area contributed by atoms with Gasteiger partial charge in [-0.2, -0.15) is 0 Å². The summed E-state index contributed by atoms with van der Waals surface area (Å²) in [4.78, 5) is 34.7. The van der Waals surface area contributed by atoms with Crippen LogP contribution in [-0.2, 0) is 11.2 Å². The van der Waals surface area contributed by atoms with Crippen LogP contribution in [0, 0.1) is 6.92 Å². The molecule has 2 amide bonds. The van der Waals surface area contributed by atoms with Crippen LogP contribution < -0.4 is 10.5 Å². The monoisotopic (exact) mass is 368 g/mol. The number of methoxy groups -OCH3 is 1. The van der Waals surface area contributed by atoms with Crippen molar-refractivity contribution in [2.45, 2.75) is 32.1 Å². The fourth-order valence-corrected chi connectivity index (χ4v) is 3.37. The van der Waals surface area contributed by atoms with Crippen molar-refractivity contribution in [2.75, 3.05) is 20.2 Å². The molecular weight excluding hydrogens is 344 g/mol. The van der Waals surface area contributed by atoms with E-state index in [4.69, 9.17) is 10.5 Å². The van der Waals surface area contributed by atoms with Gasteiger partial charge in [0.15, 0.2) is 0 Å². The normalized spacial score (nSPS) is 16.8. The number of aryl methyl sites for hydroxylation is 1. The first-order valence-electron chi connectivity index (χ1n) is 9.02. The predicted octanol–water partition coefficient (Wildman–Crippen LogP) is 1.84. The molecule has 3 rings (SSSR count). The second-order valence-electron chi connectivity index (χ2n) is 6.80. The molecule has 2 aromatic rings. The lowest BCUT2D eigenvalue weighted by Gasteiger charge is -2.32. The van der Waals surface area contributed by atoms with E-state index < -0.39 is 5.91 Å². The van der Waals surface area contributed by atoms with Crippen molar-refractivity contribution < 1.29 is 14.3 Å². The quantitative estimate of drug-likeness (QED) is 0.868. The topological polar surface area (TPSA) is 98.4 Å². The molecule has 0 saturated carbocycles. The van der Waals surface area contributed by atoms with Crippen LogP contribution in [0.1, 0.15) is 46.2 Å². The van der Waals surface area contributed by atoms with Gasteiger partial charge in [0, 0.05) is 25.2 Å². The van der Waals surface area contributed by atoms with E-state index in [0.717, 1.165) is 30.7 Å². The van der Waals surface area contributed by atoms with Crippen molar-refractivity contribution in [3.05, 3.63) is 53.1 Å². The van der Waals surface area contributed by atoms with Crippen molar-refractivity contribution in [1.82, 2.24) is 14.9 Å². The number of carbonyl (C=O) groups is 2. The van der Waals surface area contributed by atoms with E-state index in [1.807, 2.05) is 29.2 Å². The number of hydrogen-bond acceptors (Lipinski definition) is 5. The lowest BCUT2D eigenvalue weighted by Crippen LogP contribution is -2.40. The third kappa shape index (κ3) is 4.42. The number of primary amides is 1. The maximum atomic E-state index is 12.7. The van der Waals surface area contributed by atoms with Crippen LogP contribution in [0.15, 0.2) is 30.5 Å². The van der Waals surface area contributed by atoms with Crippen LogP contribution in [0.2, 0.25) is 0 Å². The van der Waals surface area contributed by atoms with Crippen molar-refractivity contribution in [3.63, 3.8) is 0 Å². The van der Waals surface area contributed by atoms with Crippen molar-refractivity contribution in [3.8, 4) is 5.75 Å². The molecule has 1 aromatic carbocycles. The molecule has 0 bridgehead atoms. The molecule has 1 aliphatic heterocycles. The Morgan fingerprint density at radius 3 is 2.67 bits per heavy atom. The van der Waals surface area contributed by atoms with E-state index in [0.29, 0.717) is 30.0 Å². The molecule has 1 saturated heterocycles. The minimum absolute atomic E-state index is 0.0687. The Labute approximate surface area is 158 Å².